The fraction of sp³-hybridized carbons (Fsp3) is 0.500. The number of sulfone groups is 1. The summed E-state index contributed by atoms with van der Waals surface area (Å²) in [7, 11) is -3.48. The molecule has 0 saturated heterocycles. The van der Waals surface area contributed by atoms with Gasteiger partial charge in [0.2, 0.25) is 0 Å². The Morgan fingerprint density at radius 2 is 2.04 bits per heavy atom. The van der Waals surface area contributed by atoms with E-state index >= 15 is 0 Å². The Morgan fingerprint density at radius 1 is 1.35 bits per heavy atom. The molecular weight excluding hydrogens is 316 g/mol. The summed E-state index contributed by atoms with van der Waals surface area (Å²) in [5.74, 6) is -0.478. The fourth-order valence-corrected chi connectivity index (χ4v) is 4.34. The lowest BCUT2D eigenvalue weighted by Crippen LogP contribution is -2.47. The summed E-state index contributed by atoms with van der Waals surface area (Å²) in [4.78, 5) is 29.0. The molecular formula is C16H20N2O4S. The molecule has 1 aliphatic heterocycles. The van der Waals surface area contributed by atoms with E-state index in [1.807, 2.05) is 6.08 Å². The number of carbonyl (C=O) groups excluding carboxylic acids is 1. The average molecular weight is 336 g/mol. The van der Waals surface area contributed by atoms with Crippen LogP contribution in [-0.4, -0.2) is 42.0 Å². The number of hydrogen-bond donors (Lipinski definition) is 1. The molecule has 0 aromatic carbocycles. The molecule has 0 unspecified atom stereocenters. The van der Waals surface area contributed by atoms with E-state index in [2.05, 4.69) is 11.1 Å². The molecule has 3 rings (SSSR count). The summed E-state index contributed by atoms with van der Waals surface area (Å²) < 4.78 is 24.0. The number of carbonyl (C=O) groups is 1. The van der Waals surface area contributed by atoms with E-state index in [1.165, 1.54) is 13.0 Å². The molecule has 1 saturated carbocycles. The van der Waals surface area contributed by atoms with Crippen molar-refractivity contribution in [3.63, 3.8) is 0 Å². The number of nitrogens with zero attached hydrogens (tertiary/aromatic N) is 1. The zero-order chi connectivity index (χ0) is 16.7. The van der Waals surface area contributed by atoms with Crippen LogP contribution in [0.15, 0.2) is 34.1 Å². The second kappa shape index (κ2) is 5.63. The lowest BCUT2D eigenvalue weighted by molar-refractivity contribution is 0.0641. The maximum Gasteiger partial charge on any atom is 0.260 e. The van der Waals surface area contributed by atoms with Crippen molar-refractivity contribution in [1.29, 1.82) is 0 Å². The smallest absolute Gasteiger partial charge is 0.260 e. The van der Waals surface area contributed by atoms with Gasteiger partial charge in [-0.1, -0.05) is 31.9 Å². The van der Waals surface area contributed by atoms with Crippen LogP contribution in [0.4, 0.5) is 0 Å². The van der Waals surface area contributed by atoms with Crippen molar-refractivity contribution >= 4 is 15.7 Å². The molecule has 6 nitrogen and oxygen atoms in total. The first-order valence-corrected chi connectivity index (χ1v) is 9.50. The number of aromatic amines is 1. The van der Waals surface area contributed by atoms with Crippen LogP contribution in [0.2, 0.25) is 0 Å². The van der Waals surface area contributed by atoms with Gasteiger partial charge in [0.05, 0.1) is 16.2 Å². The van der Waals surface area contributed by atoms with Gasteiger partial charge in [0.15, 0.2) is 9.84 Å². The predicted molar refractivity (Wildman–Crippen MR) is 86.2 cm³/mol. The number of nitrogens with one attached hydrogen (secondary N) is 1. The minimum absolute atomic E-state index is 0.0180. The van der Waals surface area contributed by atoms with E-state index in [4.69, 9.17) is 0 Å². The van der Waals surface area contributed by atoms with E-state index in [1.54, 1.807) is 4.90 Å². The Labute approximate surface area is 135 Å². The Kier molecular flexibility index (Phi) is 3.91. The van der Waals surface area contributed by atoms with Crippen molar-refractivity contribution < 1.29 is 13.2 Å². The minimum Gasteiger partial charge on any atom is -0.327 e. The zero-order valence-corrected chi connectivity index (χ0v) is 13.9. The molecule has 0 radical (unpaired) electrons. The average Bonchev–Trinajstić information content (AvgIpc) is 3.17. The van der Waals surface area contributed by atoms with E-state index in [0.29, 0.717) is 6.54 Å². The van der Waals surface area contributed by atoms with Crippen molar-refractivity contribution in [3.05, 3.63) is 40.3 Å². The second-order valence-corrected chi connectivity index (χ2v) is 8.39. The van der Waals surface area contributed by atoms with Crippen LogP contribution in [0.5, 0.6) is 0 Å². The van der Waals surface area contributed by atoms with Gasteiger partial charge < -0.3 is 9.88 Å². The van der Waals surface area contributed by atoms with Gasteiger partial charge in [-0.05, 0) is 18.9 Å². The molecule has 1 fully saturated rings. The minimum atomic E-state index is -3.48. The molecule has 0 atom stereocenters. The largest absolute Gasteiger partial charge is 0.327 e. The van der Waals surface area contributed by atoms with Gasteiger partial charge in [-0.3, -0.25) is 9.59 Å². The molecule has 1 aliphatic carbocycles. The normalized spacial score (nSPS) is 19.6. The molecule has 1 spiro atoms. The van der Waals surface area contributed by atoms with Crippen LogP contribution in [0.25, 0.3) is 0 Å². The van der Waals surface area contributed by atoms with Gasteiger partial charge in [-0.2, -0.15) is 0 Å². The maximum absolute atomic E-state index is 12.9. The third kappa shape index (κ3) is 2.63. The number of H-pyrrole nitrogens is 1. The van der Waals surface area contributed by atoms with Crippen LogP contribution in [0, 0.1) is 0 Å². The number of aromatic nitrogens is 1. The number of rotatable bonds is 3. The summed E-state index contributed by atoms with van der Waals surface area (Å²) in [5, 5.41) is 0. The summed E-state index contributed by atoms with van der Waals surface area (Å²) >= 11 is 0. The van der Waals surface area contributed by atoms with Crippen molar-refractivity contribution in [2.75, 3.05) is 12.3 Å². The molecule has 1 amide bonds. The van der Waals surface area contributed by atoms with E-state index in [0.717, 1.165) is 31.9 Å². The Balaban J connectivity index is 2.00. The number of hydrogen-bond acceptors (Lipinski definition) is 4. The van der Waals surface area contributed by atoms with Gasteiger partial charge in [-0.25, -0.2) is 8.42 Å². The maximum atomic E-state index is 12.9. The number of amides is 1. The van der Waals surface area contributed by atoms with Crippen LogP contribution in [0.1, 0.15) is 43.0 Å². The zero-order valence-electron chi connectivity index (χ0n) is 13.0. The molecule has 23 heavy (non-hydrogen) atoms. The molecule has 1 aromatic heterocycles. The molecule has 2 aliphatic rings. The highest BCUT2D eigenvalue weighted by Crippen LogP contribution is 2.39. The van der Waals surface area contributed by atoms with E-state index in [-0.39, 0.29) is 21.8 Å². The standard InChI is InChI=1S/C16H20N2O4S/c1-2-23(21,22)12-10-13(14(19)17-11-12)15(20)18-9-5-8-16(18)6-3-4-7-16/h5,8,10-11H,2-4,6-7,9H2,1H3,(H,17,19). The quantitative estimate of drug-likeness (QED) is 0.847. The summed E-state index contributed by atoms with van der Waals surface area (Å²) in [6.07, 6.45) is 9.04. The number of pyridine rings is 1. The monoisotopic (exact) mass is 336 g/mol. The van der Waals surface area contributed by atoms with Gasteiger partial charge >= 0.3 is 0 Å². The summed E-state index contributed by atoms with van der Waals surface area (Å²) in [6, 6.07) is 1.21. The molecule has 0 bridgehead atoms. The van der Waals surface area contributed by atoms with E-state index < -0.39 is 21.3 Å². The van der Waals surface area contributed by atoms with Crippen molar-refractivity contribution in [3.8, 4) is 0 Å². The summed E-state index contributed by atoms with van der Waals surface area (Å²) in [5.41, 5.74) is -0.956. The van der Waals surface area contributed by atoms with Crippen molar-refractivity contribution in [2.24, 2.45) is 0 Å². The first-order valence-electron chi connectivity index (χ1n) is 7.85. The highest BCUT2D eigenvalue weighted by molar-refractivity contribution is 7.91. The molecule has 1 aromatic rings. The Hall–Kier alpha value is -1.89. The molecule has 124 valence electrons. The third-order valence-corrected chi connectivity index (χ3v) is 6.53. The van der Waals surface area contributed by atoms with Gasteiger partial charge in [0, 0.05) is 12.7 Å². The Bertz CT molecular complexity index is 817. The van der Waals surface area contributed by atoms with Gasteiger partial charge in [0.25, 0.3) is 11.5 Å². The Morgan fingerprint density at radius 3 is 2.70 bits per heavy atom. The highest BCUT2D eigenvalue weighted by Gasteiger charge is 2.43. The lowest BCUT2D eigenvalue weighted by Gasteiger charge is -2.34. The van der Waals surface area contributed by atoms with Crippen molar-refractivity contribution in [2.45, 2.75) is 43.0 Å². The van der Waals surface area contributed by atoms with E-state index in [9.17, 15) is 18.0 Å². The van der Waals surface area contributed by atoms with Crippen LogP contribution >= 0.6 is 0 Å². The first kappa shape index (κ1) is 16.0. The van der Waals surface area contributed by atoms with Gasteiger partial charge in [-0.15, -0.1) is 0 Å². The fourth-order valence-electron chi connectivity index (χ4n) is 3.47. The van der Waals surface area contributed by atoms with Crippen LogP contribution < -0.4 is 5.56 Å². The third-order valence-electron chi connectivity index (χ3n) is 4.81. The topological polar surface area (TPSA) is 87.3 Å². The van der Waals surface area contributed by atoms with Gasteiger partial charge in [0.1, 0.15) is 5.56 Å². The predicted octanol–water partition coefficient (Wildman–Crippen LogP) is 1.49. The highest BCUT2D eigenvalue weighted by atomic mass is 32.2. The second-order valence-electron chi connectivity index (χ2n) is 6.11. The molecule has 2 heterocycles. The molecule has 1 N–H and O–H groups in total. The first-order chi connectivity index (χ1) is 10.9. The molecule has 7 heteroatoms. The SMILES string of the molecule is CCS(=O)(=O)c1c[nH]c(=O)c(C(=O)N2CC=CC23CCCC3)c1. The van der Waals surface area contributed by atoms with Crippen LogP contribution in [0.3, 0.4) is 0 Å². The summed E-state index contributed by atoms with van der Waals surface area (Å²) in [6.45, 7) is 1.99. The van der Waals surface area contributed by atoms with Crippen molar-refractivity contribution in [1.82, 2.24) is 9.88 Å². The van der Waals surface area contributed by atoms with Crippen LogP contribution in [-0.2, 0) is 9.84 Å². The lowest BCUT2D eigenvalue weighted by atomic mass is 9.97.